The lowest BCUT2D eigenvalue weighted by atomic mass is 9.80. The zero-order valence-electron chi connectivity index (χ0n) is 16.5. The van der Waals surface area contributed by atoms with Gasteiger partial charge in [-0.2, -0.15) is 11.8 Å². The highest BCUT2D eigenvalue weighted by molar-refractivity contribution is 7.99. The van der Waals surface area contributed by atoms with Crippen molar-refractivity contribution < 1.29 is 9.47 Å². The lowest BCUT2D eigenvalue weighted by Crippen LogP contribution is -2.55. The minimum atomic E-state index is 0.171. The second-order valence-corrected chi connectivity index (χ2v) is 8.50. The Morgan fingerprint density at radius 2 is 1.93 bits per heavy atom. The highest BCUT2D eigenvalue weighted by Gasteiger charge is 2.38. The number of anilines is 1. The first-order valence-corrected chi connectivity index (χ1v) is 10.9. The molecule has 0 unspecified atom stereocenters. The molecule has 2 aliphatic rings. The lowest BCUT2D eigenvalue weighted by Gasteiger charge is -2.47. The third-order valence-electron chi connectivity index (χ3n) is 5.68. The van der Waals surface area contributed by atoms with Gasteiger partial charge in [-0.25, -0.2) is 0 Å². The zero-order valence-corrected chi connectivity index (χ0v) is 17.3. The van der Waals surface area contributed by atoms with Gasteiger partial charge in [-0.3, -0.25) is 9.89 Å². The lowest BCUT2D eigenvalue weighted by molar-refractivity contribution is 0.0673. The number of guanidine groups is 1. The van der Waals surface area contributed by atoms with E-state index in [0.29, 0.717) is 5.96 Å². The van der Waals surface area contributed by atoms with Crippen molar-refractivity contribution in [3.8, 4) is 11.5 Å². The fourth-order valence-electron chi connectivity index (χ4n) is 4.14. The van der Waals surface area contributed by atoms with Gasteiger partial charge < -0.3 is 20.5 Å². The van der Waals surface area contributed by atoms with Gasteiger partial charge in [0, 0.05) is 36.2 Å². The third kappa shape index (κ3) is 5.02. The van der Waals surface area contributed by atoms with Gasteiger partial charge in [0.1, 0.15) is 11.5 Å². The van der Waals surface area contributed by atoms with E-state index in [9.17, 15) is 0 Å². The molecular weight excluding hydrogens is 360 g/mol. The molecule has 3 N–H and O–H groups in total. The summed E-state index contributed by atoms with van der Waals surface area (Å²) in [6.45, 7) is 3.08. The Bertz CT molecular complexity index is 641. The van der Waals surface area contributed by atoms with E-state index in [0.717, 1.165) is 36.8 Å². The average Bonchev–Trinajstić information content (AvgIpc) is 2.73. The molecule has 0 amide bonds. The largest absolute Gasteiger partial charge is 0.497 e. The number of aliphatic imine (C=N–C) groups is 1. The van der Waals surface area contributed by atoms with E-state index in [2.05, 4.69) is 22.0 Å². The van der Waals surface area contributed by atoms with Crippen molar-refractivity contribution in [2.45, 2.75) is 37.6 Å². The van der Waals surface area contributed by atoms with Gasteiger partial charge in [0.25, 0.3) is 0 Å². The molecule has 0 radical (unpaired) electrons. The first-order chi connectivity index (χ1) is 13.2. The predicted octanol–water partition coefficient (Wildman–Crippen LogP) is 3.18. The minimum Gasteiger partial charge on any atom is -0.497 e. The van der Waals surface area contributed by atoms with Gasteiger partial charge in [0.05, 0.1) is 26.5 Å². The van der Waals surface area contributed by atoms with Gasteiger partial charge in [0.15, 0.2) is 5.96 Å². The number of ether oxygens (including phenoxy) is 2. The topological polar surface area (TPSA) is 72.1 Å². The van der Waals surface area contributed by atoms with Crippen LogP contribution in [0.5, 0.6) is 11.5 Å². The summed E-state index contributed by atoms with van der Waals surface area (Å²) in [7, 11) is 3.29. The van der Waals surface area contributed by atoms with Gasteiger partial charge in [-0.05, 0) is 25.0 Å². The Labute approximate surface area is 166 Å². The van der Waals surface area contributed by atoms with Crippen LogP contribution in [0, 0.1) is 0 Å². The molecular formula is C20H32N4O2S. The van der Waals surface area contributed by atoms with Crippen LogP contribution in [-0.2, 0) is 0 Å². The summed E-state index contributed by atoms with van der Waals surface area (Å²) in [5.41, 5.74) is 7.19. The van der Waals surface area contributed by atoms with E-state index < -0.39 is 0 Å². The van der Waals surface area contributed by atoms with Crippen LogP contribution in [0.25, 0.3) is 0 Å². The van der Waals surface area contributed by atoms with Crippen LogP contribution in [0.2, 0.25) is 0 Å². The zero-order chi connectivity index (χ0) is 19.1. The minimum absolute atomic E-state index is 0.171. The molecule has 0 spiro atoms. The van der Waals surface area contributed by atoms with Crippen molar-refractivity contribution in [3.05, 3.63) is 18.2 Å². The molecule has 1 aromatic carbocycles. The Kier molecular flexibility index (Phi) is 7.13. The van der Waals surface area contributed by atoms with Gasteiger partial charge in [-0.15, -0.1) is 0 Å². The van der Waals surface area contributed by atoms with Crippen LogP contribution in [-0.4, -0.2) is 61.8 Å². The smallest absolute Gasteiger partial charge is 0.193 e. The molecule has 0 bridgehead atoms. The van der Waals surface area contributed by atoms with E-state index in [1.807, 2.05) is 18.2 Å². The van der Waals surface area contributed by atoms with Crippen LogP contribution in [0.15, 0.2) is 23.2 Å². The number of benzene rings is 1. The highest BCUT2D eigenvalue weighted by atomic mass is 32.2. The predicted molar refractivity (Wildman–Crippen MR) is 114 cm³/mol. The Balaban J connectivity index is 1.72. The molecule has 2 fully saturated rings. The number of nitrogens with two attached hydrogens (primary N) is 1. The van der Waals surface area contributed by atoms with Crippen LogP contribution in [0.3, 0.4) is 0 Å². The molecule has 1 aromatic rings. The maximum atomic E-state index is 6.25. The Morgan fingerprint density at radius 1 is 1.19 bits per heavy atom. The molecule has 0 atom stereocenters. The summed E-state index contributed by atoms with van der Waals surface area (Å²) in [6, 6.07) is 5.60. The first-order valence-electron chi connectivity index (χ1n) is 9.79. The molecule has 1 saturated heterocycles. The summed E-state index contributed by atoms with van der Waals surface area (Å²) in [6.07, 6.45) is 6.35. The summed E-state index contributed by atoms with van der Waals surface area (Å²) < 4.78 is 10.7. The van der Waals surface area contributed by atoms with E-state index in [-0.39, 0.29) is 5.54 Å². The molecule has 7 heteroatoms. The molecule has 27 heavy (non-hydrogen) atoms. The number of methoxy groups -OCH3 is 2. The molecule has 3 rings (SSSR count). The second kappa shape index (κ2) is 9.55. The van der Waals surface area contributed by atoms with Crippen molar-refractivity contribution in [2.24, 2.45) is 10.7 Å². The SMILES string of the molecule is COc1ccc(OC)c(NC(N)=NCC2(N3CCSCC3)CCCCC2)c1. The molecule has 1 aliphatic heterocycles. The third-order valence-corrected chi connectivity index (χ3v) is 6.62. The number of thioether (sulfide) groups is 1. The van der Waals surface area contributed by atoms with Crippen molar-refractivity contribution in [1.82, 2.24) is 4.90 Å². The number of hydrogen-bond donors (Lipinski definition) is 2. The molecule has 1 saturated carbocycles. The molecule has 150 valence electrons. The fourth-order valence-corrected chi connectivity index (χ4v) is 5.05. The molecule has 1 heterocycles. The summed E-state index contributed by atoms with van der Waals surface area (Å²) in [5.74, 6) is 4.34. The van der Waals surface area contributed by atoms with Crippen LogP contribution >= 0.6 is 11.8 Å². The average molecular weight is 393 g/mol. The van der Waals surface area contributed by atoms with Crippen LogP contribution in [0.1, 0.15) is 32.1 Å². The maximum absolute atomic E-state index is 6.25. The number of rotatable bonds is 6. The maximum Gasteiger partial charge on any atom is 0.193 e. The van der Waals surface area contributed by atoms with Gasteiger partial charge in [-0.1, -0.05) is 19.3 Å². The van der Waals surface area contributed by atoms with Crippen molar-refractivity contribution in [2.75, 3.05) is 50.7 Å². The summed E-state index contributed by atoms with van der Waals surface area (Å²) in [4.78, 5) is 7.43. The highest BCUT2D eigenvalue weighted by Crippen LogP contribution is 2.35. The van der Waals surface area contributed by atoms with E-state index in [1.54, 1.807) is 14.2 Å². The van der Waals surface area contributed by atoms with Crippen molar-refractivity contribution in [1.29, 1.82) is 0 Å². The Morgan fingerprint density at radius 3 is 2.59 bits per heavy atom. The normalized spacial score (nSPS) is 20.9. The van der Waals surface area contributed by atoms with Crippen LogP contribution in [0.4, 0.5) is 5.69 Å². The Hall–Kier alpha value is -1.60. The molecule has 1 aliphatic carbocycles. The fraction of sp³-hybridized carbons (Fsp3) is 0.650. The van der Waals surface area contributed by atoms with Gasteiger partial charge >= 0.3 is 0 Å². The summed E-state index contributed by atoms with van der Waals surface area (Å²) in [5, 5.41) is 3.20. The number of hydrogen-bond acceptors (Lipinski definition) is 5. The quantitative estimate of drug-likeness (QED) is 0.572. The molecule has 0 aromatic heterocycles. The summed E-state index contributed by atoms with van der Waals surface area (Å²) >= 11 is 2.05. The van der Waals surface area contributed by atoms with Crippen molar-refractivity contribution in [3.63, 3.8) is 0 Å². The first kappa shape index (κ1) is 20.1. The second-order valence-electron chi connectivity index (χ2n) is 7.28. The number of nitrogens with one attached hydrogen (secondary N) is 1. The van der Waals surface area contributed by atoms with Crippen LogP contribution < -0.4 is 20.5 Å². The van der Waals surface area contributed by atoms with Gasteiger partial charge in [0.2, 0.25) is 0 Å². The monoisotopic (exact) mass is 392 g/mol. The van der Waals surface area contributed by atoms with Crippen molar-refractivity contribution >= 4 is 23.4 Å². The van der Waals surface area contributed by atoms with E-state index >= 15 is 0 Å². The standard InChI is InChI=1S/C20H32N4O2S/c1-25-16-6-7-18(26-2)17(14-16)23-19(21)22-15-20(8-4-3-5-9-20)24-10-12-27-13-11-24/h6-7,14H,3-5,8-13,15H2,1-2H3,(H3,21,22,23). The van der Waals surface area contributed by atoms with E-state index in [1.165, 1.54) is 43.6 Å². The molecule has 6 nitrogen and oxygen atoms in total. The van der Waals surface area contributed by atoms with E-state index in [4.69, 9.17) is 20.2 Å². The number of nitrogens with zero attached hydrogens (tertiary/aromatic N) is 2.